The molecule has 0 aromatic rings. The number of ether oxygens (including phenoxy) is 1. The Kier molecular flexibility index (Phi) is 3.68. The molecule has 0 aromatic carbocycles. The van der Waals surface area contributed by atoms with E-state index in [4.69, 9.17) is 9.84 Å². The second-order valence-electron chi connectivity index (χ2n) is 4.44. The van der Waals surface area contributed by atoms with Gasteiger partial charge in [-0.15, -0.1) is 0 Å². The average molecular weight is 202 g/mol. The molecule has 0 saturated heterocycles. The van der Waals surface area contributed by atoms with Crippen molar-refractivity contribution in [1.29, 1.82) is 0 Å². The van der Waals surface area contributed by atoms with Crippen LogP contribution in [0.2, 0.25) is 0 Å². The first-order valence-corrected chi connectivity index (χ1v) is 4.60. The van der Waals surface area contributed by atoms with E-state index < -0.39 is 23.0 Å². The number of aliphatic carboxylic acids is 1. The van der Waals surface area contributed by atoms with E-state index in [9.17, 15) is 9.59 Å². The first-order chi connectivity index (χ1) is 6.13. The normalized spacial score (nSPS) is 12.4. The van der Waals surface area contributed by atoms with Crippen LogP contribution in [0.1, 0.15) is 41.0 Å². The Balaban J connectivity index is 4.56. The number of carboxylic acids is 1. The van der Waals surface area contributed by atoms with Gasteiger partial charge >= 0.3 is 11.9 Å². The van der Waals surface area contributed by atoms with Crippen LogP contribution < -0.4 is 0 Å². The van der Waals surface area contributed by atoms with Gasteiger partial charge < -0.3 is 9.84 Å². The van der Waals surface area contributed by atoms with Crippen molar-refractivity contribution in [2.75, 3.05) is 0 Å². The lowest BCUT2D eigenvalue weighted by Crippen LogP contribution is -2.41. The maximum atomic E-state index is 11.5. The first kappa shape index (κ1) is 12.9. The summed E-state index contributed by atoms with van der Waals surface area (Å²) in [6.45, 7) is 8.04. The van der Waals surface area contributed by atoms with E-state index in [0.717, 1.165) is 0 Å². The highest BCUT2D eigenvalue weighted by Gasteiger charge is 2.37. The third-order valence-corrected chi connectivity index (χ3v) is 2.30. The van der Waals surface area contributed by atoms with Crippen molar-refractivity contribution < 1.29 is 19.4 Å². The van der Waals surface area contributed by atoms with Crippen LogP contribution in [0.25, 0.3) is 0 Å². The summed E-state index contributed by atoms with van der Waals surface area (Å²) in [7, 11) is 0. The van der Waals surface area contributed by atoms with E-state index in [1.54, 1.807) is 13.8 Å². The van der Waals surface area contributed by atoms with Crippen LogP contribution in [0.3, 0.4) is 0 Å². The molecule has 0 heterocycles. The molecule has 1 N–H and O–H groups in total. The third-order valence-electron chi connectivity index (χ3n) is 2.30. The van der Waals surface area contributed by atoms with Gasteiger partial charge in [-0.05, 0) is 34.1 Å². The molecular formula is C10H18O4. The maximum Gasteiger partial charge on any atom is 0.347 e. The lowest BCUT2D eigenvalue weighted by molar-refractivity contribution is -0.181. The van der Waals surface area contributed by atoms with Gasteiger partial charge in [0.1, 0.15) is 0 Å². The van der Waals surface area contributed by atoms with E-state index in [1.807, 2.05) is 6.92 Å². The minimum Gasteiger partial charge on any atom is -0.478 e. The number of carbonyl (C=O) groups excluding carboxylic acids is 1. The largest absolute Gasteiger partial charge is 0.478 e. The molecule has 0 bridgehead atoms. The first-order valence-electron chi connectivity index (χ1n) is 4.60. The number of esters is 1. The fourth-order valence-electron chi connectivity index (χ4n) is 0.558. The van der Waals surface area contributed by atoms with Crippen molar-refractivity contribution in [1.82, 2.24) is 0 Å². The van der Waals surface area contributed by atoms with Gasteiger partial charge in [-0.3, -0.25) is 4.79 Å². The SMILES string of the molecule is CCC(C)(C)C(=O)OC(C)(C)C(=O)O. The molecule has 0 aliphatic carbocycles. The molecule has 0 amide bonds. The summed E-state index contributed by atoms with van der Waals surface area (Å²) in [5, 5.41) is 8.75. The number of hydrogen-bond acceptors (Lipinski definition) is 3. The standard InChI is InChI=1S/C10H18O4/c1-6-9(2,3)8(13)14-10(4,5)7(11)12/h6H2,1-5H3,(H,11,12). The topological polar surface area (TPSA) is 63.6 Å². The van der Waals surface area contributed by atoms with E-state index in [-0.39, 0.29) is 0 Å². The number of carbonyl (C=O) groups is 2. The zero-order valence-corrected chi connectivity index (χ0v) is 9.38. The van der Waals surface area contributed by atoms with Crippen LogP contribution in [-0.4, -0.2) is 22.6 Å². The number of hydrogen-bond donors (Lipinski definition) is 1. The van der Waals surface area contributed by atoms with Crippen LogP contribution in [-0.2, 0) is 14.3 Å². The molecule has 0 saturated carbocycles. The van der Waals surface area contributed by atoms with Crippen LogP contribution >= 0.6 is 0 Å². The minimum atomic E-state index is -1.45. The quantitative estimate of drug-likeness (QED) is 0.706. The highest BCUT2D eigenvalue weighted by molar-refractivity contribution is 5.83. The van der Waals surface area contributed by atoms with Crippen molar-refractivity contribution >= 4 is 11.9 Å². The van der Waals surface area contributed by atoms with E-state index in [2.05, 4.69) is 0 Å². The third kappa shape index (κ3) is 3.01. The minimum absolute atomic E-state index is 0.479. The van der Waals surface area contributed by atoms with Gasteiger partial charge in [0, 0.05) is 0 Å². The van der Waals surface area contributed by atoms with Crippen LogP contribution in [0.5, 0.6) is 0 Å². The Morgan fingerprint density at radius 2 is 1.64 bits per heavy atom. The molecule has 0 aliphatic heterocycles. The van der Waals surface area contributed by atoms with Crippen molar-refractivity contribution in [2.45, 2.75) is 46.6 Å². The van der Waals surface area contributed by atoms with Gasteiger partial charge in [0.05, 0.1) is 5.41 Å². The van der Waals surface area contributed by atoms with E-state index in [1.165, 1.54) is 13.8 Å². The van der Waals surface area contributed by atoms with E-state index in [0.29, 0.717) is 6.42 Å². The molecule has 0 radical (unpaired) electrons. The Morgan fingerprint density at radius 1 is 1.21 bits per heavy atom. The Bertz CT molecular complexity index is 241. The lowest BCUT2D eigenvalue weighted by Gasteiger charge is -2.27. The fraction of sp³-hybridized carbons (Fsp3) is 0.800. The number of carboxylic acid groups (broad SMARTS) is 1. The lowest BCUT2D eigenvalue weighted by atomic mass is 9.90. The molecule has 0 atom stereocenters. The zero-order chi connectivity index (χ0) is 11.6. The molecule has 82 valence electrons. The van der Waals surface area contributed by atoms with Gasteiger partial charge in [-0.1, -0.05) is 6.92 Å². The summed E-state index contributed by atoms with van der Waals surface area (Å²) in [6, 6.07) is 0. The predicted octanol–water partition coefficient (Wildman–Crippen LogP) is 1.83. The van der Waals surface area contributed by atoms with Gasteiger partial charge in [0.15, 0.2) is 0 Å². The van der Waals surface area contributed by atoms with Gasteiger partial charge in [0.25, 0.3) is 0 Å². The summed E-state index contributed by atoms with van der Waals surface area (Å²) in [5.74, 6) is -1.62. The van der Waals surface area contributed by atoms with Crippen LogP contribution in [0.4, 0.5) is 0 Å². The molecule has 0 fully saturated rings. The molecular weight excluding hydrogens is 184 g/mol. The second-order valence-corrected chi connectivity index (χ2v) is 4.44. The zero-order valence-electron chi connectivity index (χ0n) is 9.38. The van der Waals surface area contributed by atoms with Crippen molar-refractivity contribution in [2.24, 2.45) is 5.41 Å². The molecule has 4 heteroatoms. The summed E-state index contributed by atoms with van der Waals surface area (Å²) < 4.78 is 4.92. The summed E-state index contributed by atoms with van der Waals surface area (Å²) in [4.78, 5) is 22.2. The highest BCUT2D eigenvalue weighted by Crippen LogP contribution is 2.24. The highest BCUT2D eigenvalue weighted by atomic mass is 16.6. The van der Waals surface area contributed by atoms with Crippen molar-refractivity contribution in [3.05, 3.63) is 0 Å². The summed E-state index contributed by atoms with van der Waals surface area (Å²) in [5.41, 5.74) is -2.09. The number of rotatable bonds is 4. The van der Waals surface area contributed by atoms with Gasteiger partial charge in [-0.25, -0.2) is 4.79 Å². The molecule has 0 aliphatic rings. The Hall–Kier alpha value is -1.06. The van der Waals surface area contributed by atoms with E-state index >= 15 is 0 Å². The van der Waals surface area contributed by atoms with Gasteiger partial charge in [0.2, 0.25) is 5.60 Å². The van der Waals surface area contributed by atoms with Crippen LogP contribution in [0, 0.1) is 5.41 Å². The Morgan fingerprint density at radius 3 is 1.93 bits per heavy atom. The fourth-order valence-corrected chi connectivity index (χ4v) is 0.558. The molecule has 14 heavy (non-hydrogen) atoms. The second kappa shape index (κ2) is 3.98. The Labute approximate surface area is 84.3 Å². The summed E-state index contributed by atoms with van der Waals surface area (Å²) >= 11 is 0. The van der Waals surface area contributed by atoms with Crippen molar-refractivity contribution in [3.8, 4) is 0 Å². The van der Waals surface area contributed by atoms with Crippen LogP contribution in [0.15, 0.2) is 0 Å². The summed E-state index contributed by atoms with van der Waals surface area (Å²) in [6.07, 6.45) is 0.613. The van der Waals surface area contributed by atoms with Crippen molar-refractivity contribution in [3.63, 3.8) is 0 Å². The van der Waals surface area contributed by atoms with Gasteiger partial charge in [-0.2, -0.15) is 0 Å². The molecule has 0 spiro atoms. The predicted molar refractivity (Wildman–Crippen MR) is 51.9 cm³/mol. The molecule has 0 unspecified atom stereocenters. The maximum absolute atomic E-state index is 11.5. The smallest absolute Gasteiger partial charge is 0.347 e. The molecule has 4 nitrogen and oxygen atoms in total. The average Bonchev–Trinajstić information content (AvgIpc) is 2.03. The molecule has 0 aromatic heterocycles. The molecule has 0 rings (SSSR count). The monoisotopic (exact) mass is 202 g/mol.